The van der Waals surface area contributed by atoms with Crippen LogP contribution < -0.4 is 0 Å². The predicted molar refractivity (Wildman–Crippen MR) is 77.4 cm³/mol. The summed E-state index contributed by atoms with van der Waals surface area (Å²) in [6.45, 7) is 2.51. The molecular formula is C17H18O2. The first-order chi connectivity index (χ1) is 9.31. The van der Waals surface area contributed by atoms with Crippen molar-refractivity contribution in [3.8, 4) is 0 Å². The van der Waals surface area contributed by atoms with E-state index in [2.05, 4.69) is 0 Å². The molecule has 0 bridgehead atoms. The van der Waals surface area contributed by atoms with Crippen molar-refractivity contribution in [3.05, 3.63) is 77.9 Å². The van der Waals surface area contributed by atoms with Gasteiger partial charge >= 0.3 is 0 Å². The fraction of sp³-hybridized carbons (Fsp3) is 0.176. The van der Waals surface area contributed by atoms with E-state index in [0.29, 0.717) is 12.4 Å². The molecule has 2 aromatic rings. The Morgan fingerprint density at radius 2 is 1.63 bits per heavy atom. The maximum atomic E-state index is 10.2. The summed E-state index contributed by atoms with van der Waals surface area (Å²) in [7, 11) is 0. The molecule has 1 unspecified atom stereocenters. The number of hydrogen-bond donors (Lipinski definition) is 1. The molecule has 0 aliphatic heterocycles. The Hall–Kier alpha value is -2.06. The van der Waals surface area contributed by atoms with E-state index in [1.54, 1.807) is 6.08 Å². The molecule has 0 spiro atoms. The Bertz CT molecular complexity index is 517. The standard InChI is InChI=1S/C17H18O2/c1-2-19-17(15-11-7-4-8-12-15)13-16(18)14-9-5-3-6-10-14/h3-13,16,18H,2H2,1H3/b17-13+. The predicted octanol–water partition coefficient (Wildman–Crippen LogP) is 3.80. The summed E-state index contributed by atoms with van der Waals surface area (Å²) >= 11 is 0. The van der Waals surface area contributed by atoms with Crippen LogP contribution in [0, 0.1) is 0 Å². The number of aliphatic hydroxyl groups excluding tert-OH is 1. The third-order valence-electron chi connectivity index (χ3n) is 2.81. The molecule has 2 rings (SSSR count). The average Bonchev–Trinajstić information content (AvgIpc) is 2.48. The smallest absolute Gasteiger partial charge is 0.125 e. The van der Waals surface area contributed by atoms with Gasteiger partial charge in [-0.1, -0.05) is 60.7 Å². The van der Waals surface area contributed by atoms with E-state index < -0.39 is 6.10 Å². The SMILES string of the molecule is CCO/C(=C/C(O)c1ccccc1)c1ccccc1. The minimum atomic E-state index is -0.664. The second-order valence-corrected chi connectivity index (χ2v) is 4.19. The third-order valence-corrected chi connectivity index (χ3v) is 2.81. The molecule has 2 aromatic carbocycles. The first-order valence-electron chi connectivity index (χ1n) is 6.44. The van der Waals surface area contributed by atoms with Crippen molar-refractivity contribution in [3.63, 3.8) is 0 Å². The van der Waals surface area contributed by atoms with Crippen LogP contribution in [0.3, 0.4) is 0 Å². The molecule has 0 saturated carbocycles. The fourth-order valence-corrected chi connectivity index (χ4v) is 1.88. The van der Waals surface area contributed by atoms with E-state index in [1.807, 2.05) is 67.6 Å². The Morgan fingerprint density at radius 1 is 1.05 bits per heavy atom. The van der Waals surface area contributed by atoms with Crippen LogP contribution in [0.1, 0.15) is 24.2 Å². The van der Waals surface area contributed by atoms with Crippen molar-refractivity contribution in [2.75, 3.05) is 6.61 Å². The lowest BCUT2D eigenvalue weighted by Gasteiger charge is -2.12. The highest BCUT2D eigenvalue weighted by Crippen LogP contribution is 2.22. The van der Waals surface area contributed by atoms with Gasteiger partial charge in [-0.05, 0) is 18.6 Å². The lowest BCUT2D eigenvalue weighted by atomic mass is 10.1. The summed E-state index contributed by atoms with van der Waals surface area (Å²) in [6.07, 6.45) is 1.08. The second kappa shape index (κ2) is 6.76. The first-order valence-corrected chi connectivity index (χ1v) is 6.44. The van der Waals surface area contributed by atoms with Crippen LogP contribution in [0.25, 0.3) is 5.76 Å². The zero-order valence-electron chi connectivity index (χ0n) is 11.0. The molecule has 0 fully saturated rings. The molecule has 19 heavy (non-hydrogen) atoms. The number of ether oxygens (including phenoxy) is 1. The van der Waals surface area contributed by atoms with Crippen LogP contribution in [0.15, 0.2) is 66.7 Å². The maximum Gasteiger partial charge on any atom is 0.125 e. The molecule has 98 valence electrons. The average molecular weight is 254 g/mol. The van der Waals surface area contributed by atoms with Gasteiger partial charge in [-0.15, -0.1) is 0 Å². The topological polar surface area (TPSA) is 29.5 Å². The summed E-state index contributed by atoms with van der Waals surface area (Å²) < 4.78 is 5.62. The molecule has 0 heterocycles. The monoisotopic (exact) mass is 254 g/mol. The third kappa shape index (κ3) is 3.70. The summed E-state index contributed by atoms with van der Waals surface area (Å²) in [5.41, 5.74) is 1.83. The van der Waals surface area contributed by atoms with Gasteiger partial charge in [-0.25, -0.2) is 0 Å². The van der Waals surface area contributed by atoms with Crippen LogP contribution in [0.5, 0.6) is 0 Å². The molecular weight excluding hydrogens is 236 g/mol. The number of benzene rings is 2. The zero-order valence-corrected chi connectivity index (χ0v) is 11.0. The Kier molecular flexibility index (Phi) is 4.76. The van der Waals surface area contributed by atoms with Crippen molar-refractivity contribution in [1.29, 1.82) is 0 Å². The summed E-state index contributed by atoms with van der Waals surface area (Å²) in [4.78, 5) is 0. The van der Waals surface area contributed by atoms with E-state index in [4.69, 9.17) is 4.74 Å². The van der Waals surface area contributed by atoms with Gasteiger partial charge in [-0.2, -0.15) is 0 Å². The summed E-state index contributed by atoms with van der Waals surface area (Å²) in [5.74, 6) is 0.708. The highest BCUT2D eigenvalue weighted by atomic mass is 16.5. The van der Waals surface area contributed by atoms with E-state index in [0.717, 1.165) is 11.1 Å². The van der Waals surface area contributed by atoms with E-state index >= 15 is 0 Å². The fourth-order valence-electron chi connectivity index (χ4n) is 1.88. The van der Waals surface area contributed by atoms with Gasteiger partial charge in [0.15, 0.2) is 0 Å². The summed E-state index contributed by atoms with van der Waals surface area (Å²) in [5, 5.41) is 10.2. The molecule has 0 aliphatic rings. The van der Waals surface area contributed by atoms with Crippen molar-refractivity contribution < 1.29 is 9.84 Å². The maximum absolute atomic E-state index is 10.2. The second-order valence-electron chi connectivity index (χ2n) is 4.19. The lowest BCUT2D eigenvalue weighted by Crippen LogP contribution is -1.98. The Labute approximate surface area is 114 Å². The minimum absolute atomic E-state index is 0.572. The van der Waals surface area contributed by atoms with Crippen LogP contribution in [-0.4, -0.2) is 11.7 Å². The molecule has 2 heteroatoms. The van der Waals surface area contributed by atoms with Crippen LogP contribution in [-0.2, 0) is 4.74 Å². The van der Waals surface area contributed by atoms with Crippen molar-refractivity contribution >= 4 is 5.76 Å². The molecule has 0 radical (unpaired) electrons. The van der Waals surface area contributed by atoms with Crippen LogP contribution in [0.2, 0.25) is 0 Å². The van der Waals surface area contributed by atoms with Crippen LogP contribution in [0.4, 0.5) is 0 Å². The molecule has 1 atom stereocenters. The zero-order chi connectivity index (χ0) is 13.5. The van der Waals surface area contributed by atoms with Gasteiger partial charge in [0.05, 0.1) is 6.61 Å². The Balaban J connectivity index is 2.26. The van der Waals surface area contributed by atoms with Gasteiger partial charge in [0.1, 0.15) is 11.9 Å². The van der Waals surface area contributed by atoms with Gasteiger partial charge in [0, 0.05) is 5.56 Å². The van der Waals surface area contributed by atoms with Crippen molar-refractivity contribution in [2.24, 2.45) is 0 Å². The molecule has 1 N–H and O–H groups in total. The van der Waals surface area contributed by atoms with Crippen molar-refractivity contribution in [2.45, 2.75) is 13.0 Å². The molecule has 0 saturated heterocycles. The molecule has 0 amide bonds. The van der Waals surface area contributed by atoms with Crippen molar-refractivity contribution in [1.82, 2.24) is 0 Å². The summed E-state index contributed by atoms with van der Waals surface area (Å²) in [6, 6.07) is 19.4. The molecule has 0 aliphatic carbocycles. The largest absolute Gasteiger partial charge is 0.493 e. The number of rotatable bonds is 5. The van der Waals surface area contributed by atoms with Gasteiger partial charge < -0.3 is 9.84 Å². The van der Waals surface area contributed by atoms with E-state index in [1.165, 1.54) is 0 Å². The highest BCUT2D eigenvalue weighted by molar-refractivity contribution is 5.60. The Morgan fingerprint density at radius 3 is 2.21 bits per heavy atom. The minimum Gasteiger partial charge on any atom is -0.493 e. The highest BCUT2D eigenvalue weighted by Gasteiger charge is 2.08. The quantitative estimate of drug-likeness (QED) is 0.822. The van der Waals surface area contributed by atoms with Crippen LogP contribution >= 0.6 is 0 Å². The molecule has 2 nitrogen and oxygen atoms in total. The first kappa shape index (κ1) is 13.4. The molecule has 0 aromatic heterocycles. The lowest BCUT2D eigenvalue weighted by molar-refractivity contribution is 0.221. The normalized spacial score (nSPS) is 13.1. The van der Waals surface area contributed by atoms with Gasteiger partial charge in [-0.3, -0.25) is 0 Å². The van der Waals surface area contributed by atoms with E-state index in [9.17, 15) is 5.11 Å². The van der Waals surface area contributed by atoms with Gasteiger partial charge in [0.25, 0.3) is 0 Å². The number of aliphatic hydroxyl groups is 1. The van der Waals surface area contributed by atoms with E-state index in [-0.39, 0.29) is 0 Å². The number of hydrogen-bond acceptors (Lipinski definition) is 2. The van der Waals surface area contributed by atoms with Gasteiger partial charge in [0.2, 0.25) is 0 Å².